The average molecular weight is 258 g/mol. The third-order valence-corrected chi connectivity index (χ3v) is 3.31. The van der Waals surface area contributed by atoms with Crippen LogP contribution in [0.4, 0.5) is 0 Å². The van der Waals surface area contributed by atoms with Crippen molar-refractivity contribution < 1.29 is 5.11 Å². The monoisotopic (exact) mass is 258 g/mol. The molecule has 0 atom stereocenters. The number of hydrogen-bond donors (Lipinski definition) is 1. The lowest BCUT2D eigenvalue weighted by Gasteiger charge is -2.08. The molecular formula is C16H22N2O. The van der Waals surface area contributed by atoms with Gasteiger partial charge in [-0.05, 0) is 18.4 Å². The van der Waals surface area contributed by atoms with E-state index in [0.29, 0.717) is 0 Å². The molecule has 1 aromatic carbocycles. The van der Waals surface area contributed by atoms with Crippen molar-refractivity contribution in [1.82, 2.24) is 9.78 Å². The van der Waals surface area contributed by atoms with Crippen LogP contribution in [0, 0.1) is 0 Å². The summed E-state index contributed by atoms with van der Waals surface area (Å²) in [5.74, 6) is 0.158. The minimum Gasteiger partial charge on any atom is -0.492 e. The molecule has 3 nitrogen and oxygen atoms in total. The van der Waals surface area contributed by atoms with Crippen LogP contribution in [0.5, 0.6) is 5.88 Å². The molecule has 102 valence electrons. The molecule has 3 heteroatoms. The van der Waals surface area contributed by atoms with Crippen molar-refractivity contribution >= 4 is 0 Å². The summed E-state index contributed by atoms with van der Waals surface area (Å²) in [6, 6.07) is 10.0. The van der Waals surface area contributed by atoms with Crippen molar-refractivity contribution in [2.24, 2.45) is 0 Å². The van der Waals surface area contributed by atoms with Crippen LogP contribution in [0.1, 0.15) is 38.8 Å². The van der Waals surface area contributed by atoms with Gasteiger partial charge in [-0.15, -0.1) is 5.10 Å². The zero-order valence-corrected chi connectivity index (χ0v) is 11.8. The number of rotatable bonds is 6. The molecule has 0 spiro atoms. The smallest absolute Gasteiger partial charge is 0.238 e. The highest BCUT2D eigenvalue weighted by atomic mass is 16.3. The maximum absolute atomic E-state index is 10.2. The van der Waals surface area contributed by atoms with Crippen LogP contribution in [-0.4, -0.2) is 14.9 Å². The molecule has 1 heterocycles. The first-order valence-corrected chi connectivity index (χ1v) is 7.12. The Morgan fingerprint density at radius 2 is 1.84 bits per heavy atom. The van der Waals surface area contributed by atoms with Crippen LogP contribution in [0.3, 0.4) is 0 Å². The summed E-state index contributed by atoms with van der Waals surface area (Å²) in [6.07, 6.45) is 4.22. The normalized spacial score (nSPS) is 10.8. The summed E-state index contributed by atoms with van der Waals surface area (Å²) >= 11 is 0. The summed E-state index contributed by atoms with van der Waals surface area (Å²) < 4.78 is 1.98. The molecule has 0 saturated heterocycles. The molecule has 0 unspecified atom stereocenters. The second kappa shape index (κ2) is 6.41. The van der Waals surface area contributed by atoms with E-state index in [4.69, 9.17) is 0 Å². The predicted molar refractivity (Wildman–Crippen MR) is 78.2 cm³/mol. The Hall–Kier alpha value is -1.77. The van der Waals surface area contributed by atoms with E-state index in [0.717, 1.165) is 49.0 Å². The Labute approximate surface area is 114 Å². The predicted octanol–water partition coefficient (Wildman–Crippen LogP) is 4.01. The number of aromatic nitrogens is 2. The fourth-order valence-electron chi connectivity index (χ4n) is 2.37. The van der Waals surface area contributed by atoms with Gasteiger partial charge in [-0.3, -0.25) is 4.68 Å². The van der Waals surface area contributed by atoms with Gasteiger partial charge in [-0.2, -0.15) is 0 Å². The summed E-state index contributed by atoms with van der Waals surface area (Å²) in [7, 11) is 0. The molecule has 0 aliphatic carbocycles. The second-order valence-electron chi connectivity index (χ2n) is 4.84. The summed E-state index contributed by atoms with van der Waals surface area (Å²) in [5, 5.41) is 14.5. The first-order valence-electron chi connectivity index (χ1n) is 7.12. The van der Waals surface area contributed by atoms with Gasteiger partial charge < -0.3 is 5.11 Å². The maximum Gasteiger partial charge on any atom is 0.238 e. The zero-order valence-electron chi connectivity index (χ0n) is 11.8. The van der Waals surface area contributed by atoms with Crippen LogP contribution in [0.25, 0.3) is 11.1 Å². The standard InChI is InChI=1S/C16H22N2O/c1-3-5-12-18-14(9-4-2)15(16(19)17-18)13-10-7-6-8-11-13/h6-8,10-11H,3-5,9,12H2,1-2H3,(H,17,19). The SMILES string of the molecule is CCCCn1nc(O)c(-c2ccccc2)c1CCC. The molecule has 0 amide bonds. The van der Waals surface area contributed by atoms with Gasteiger partial charge in [-0.1, -0.05) is 57.0 Å². The quantitative estimate of drug-likeness (QED) is 0.850. The molecule has 0 fully saturated rings. The molecule has 1 aromatic heterocycles. The Balaban J connectivity index is 2.44. The lowest BCUT2D eigenvalue weighted by atomic mass is 10.0. The molecule has 1 N–H and O–H groups in total. The van der Waals surface area contributed by atoms with E-state index >= 15 is 0 Å². The molecular weight excluding hydrogens is 236 g/mol. The van der Waals surface area contributed by atoms with Gasteiger partial charge >= 0.3 is 0 Å². The van der Waals surface area contributed by atoms with E-state index in [1.807, 2.05) is 35.0 Å². The van der Waals surface area contributed by atoms with Crippen molar-refractivity contribution in [3.63, 3.8) is 0 Å². The van der Waals surface area contributed by atoms with Crippen molar-refractivity contribution in [2.75, 3.05) is 0 Å². The van der Waals surface area contributed by atoms with E-state index in [9.17, 15) is 5.11 Å². The van der Waals surface area contributed by atoms with Gasteiger partial charge in [0.25, 0.3) is 0 Å². The minimum atomic E-state index is 0.158. The van der Waals surface area contributed by atoms with Crippen LogP contribution in [0.15, 0.2) is 30.3 Å². The average Bonchev–Trinajstić information content (AvgIpc) is 2.74. The highest BCUT2D eigenvalue weighted by Crippen LogP contribution is 2.33. The Morgan fingerprint density at radius 1 is 1.11 bits per heavy atom. The number of benzene rings is 1. The fourth-order valence-corrected chi connectivity index (χ4v) is 2.37. The molecule has 2 aromatic rings. The summed E-state index contributed by atoms with van der Waals surface area (Å²) in [6.45, 7) is 5.20. The Morgan fingerprint density at radius 3 is 2.47 bits per heavy atom. The lowest BCUT2D eigenvalue weighted by molar-refractivity contribution is 0.433. The number of nitrogens with zero attached hydrogens (tertiary/aromatic N) is 2. The third-order valence-electron chi connectivity index (χ3n) is 3.31. The number of aryl methyl sites for hydroxylation is 1. The topological polar surface area (TPSA) is 38.0 Å². The second-order valence-corrected chi connectivity index (χ2v) is 4.84. The van der Waals surface area contributed by atoms with Crippen molar-refractivity contribution in [3.8, 4) is 17.0 Å². The maximum atomic E-state index is 10.2. The van der Waals surface area contributed by atoms with E-state index in [2.05, 4.69) is 18.9 Å². The van der Waals surface area contributed by atoms with Crippen molar-refractivity contribution in [1.29, 1.82) is 0 Å². The summed E-state index contributed by atoms with van der Waals surface area (Å²) in [5.41, 5.74) is 3.10. The highest BCUT2D eigenvalue weighted by molar-refractivity contribution is 5.71. The van der Waals surface area contributed by atoms with E-state index < -0.39 is 0 Å². The van der Waals surface area contributed by atoms with E-state index in [-0.39, 0.29) is 5.88 Å². The largest absolute Gasteiger partial charge is 0.492 e. The highest BCUT2D eigenvalue weighted by Gasteiger charge is 2.17. The van der Waals surface area contributed by atoms with Crippen LogP contribution in [-0.2, 0) is 13.0 Å². The third kappa shape index (κ3) is 2.98. The molecule has 2 rings (SSSR count). The molecule has 0 aliphatic rings. The number of hydrogen-bond acceptors (Lipinski definition) is 2. The molecule has 0 bridgehead atoms. The van der Waals surface area contributed by atoms with Gasteiger partial charge in [-0.25, -0.2) is 0 Å². The molecule has 0 aliphatic heterocycles. The van der Waals surface area contributed by atoms with Gasteiger partial charge in [0.2, 0.25) is 5.88 Å². The van der Waals surface area contributed by atoms with E-state index in [1.54, 1.807) is 0 Å². The molecule has 0 radical (unpaired) electrons. The van der Waals surface area contributed by atoms with Crippen LogP contribution in [0.2, 0.25) is 0 Å². The first-order chi connectivity index (χ1) is 9.27. The van der Waals surface area contributed by atoms with Gasteiger partial charge in [0, 0.05) is 6.54 Å². The van der Waals surface area contributed by atoms with E-state index in [1.165, 1.54) is 0 Å². The van der Waals surface area contributed by atoms with Crippen molar-refractivity contribution in [3.05, 3.63) is 36.0 Å². The van der Waals surface area contributed by atoms with Crippen LogP contribution < -0.4 is 0 Å². The van der Waals surface area contributed by atoms with Crippen LogP contribution >= 0.6 is 0 Å². The number of aromatic hydroxyl groups is 1. The Kier molecular flexibility index (Phi) is 4.61. The van der Waals surface area contributed by atoms with Gasteiger partial charge in [0.15, 0.2) is 0 Å². The minimum absolute atomic E-state index is 0.158. The summed E-state index contributed by atoms with van der Waals surface area (Å²) in [4.78, 5) is 0. The molecule has 0 saturated carbocycles. The van der Waals surface area contributed by atoms with Gasteiger partial charge in [0.05, 0.1) is 11.3 Å². The Bertz CT molecular complexity index is 517. The zero-order chi connectivity index (χ0) is 13.7. The number of unbranched alkanes of at least 4 members (excludes halogenated alkanes) is 1. The fraction of sp³-hybridized carbons (Fsp3) is 0.438. The molecule has 19 heavy (non-hydrogen) atoms. The first kappa shape index (κ1) is 13.7. The van der Waals surface area contributed by atoms with Crippen molar-refractivity contribution in [2.45, 2.75) is 46.1 Å². The lowest BCUT2D eigenvalue weighted by Crippen LogP contribution is -2.05. The van der Waals surface area contributed by atoms with Gasteiger partial charge in [0.1, 0.15) is 0 Å².